The number of rotatable bonds is 4. The van der Waals surface area contributed by atoms with Gasteiger partial charge in [-0.05, 0) is 37.6 Å². The van der Waals surface area contributed by atoms with E-state index in [-0.39, 0.29) is 5.91 Å². The van der Waals surface area contributed by atoms with Gasteiger partial charge in [0.05, 0.1) is 11.4 Å². The number of nitrogens with zero attached hydrogens (tertiary/aromatic N) is 3. The Hall–Kier alpha value is -2.66. The molecule has 0 saturated carbocycles. The first-order chi connectivity index (χ1) is 11.5. The van der Waals surface area contributed by atoms with Crippen molar-refractivity contribution in [1.29, 1.82) is 0 Å². The number of hydrogen-bond acceptors (Lipinski definition) is 3. The second-order valence-corrected chi connectivity index (χ2v) is 6.01. The summed E-state index contributed by atoms with van der Waals surface area (Å²) in [5.41, 5.74) is 3.81. The van der Waals surface area contributed by atoms with Crippen molar-refractivity contribution < 1.29 is 4.79 Å². The van der Waals surface area contributed by atoms with Gasteiger partial charge >= 0.3 is 0 Å². The first kappa shape index (κ1) is 16.2. The highest BCUT2D eigenvalue weighted by atomic mass is 35.5. The van der Waals surface area contributed by atoms with E-state index in [1.54, 1.807) is 19.1 Å². The molecule has 1 N–H and O–H groups in total. The van der Waals surface area contributed by atoms with E-state index in [1.165, 1.54) is 10.4 Å². The molecule has 1 heterocycles. The molecule has 6 heteroatoms. The van der Waals surface area contributed by atoms with E-state index < -0.39 is 0 Å². The lowest BCUT2D eigenvalue weighted by molar-refractivity contribution is 0.0945. The van der Waals surface area contributed by atoms with Gasteiger partial charge in [-0.25, -0.2) is 0 Å². The Morgan fingerprint density at radius 3 is 2.58 bits per heavy atom. The molecule has 0 spiro atoms. The number of nitrogens with one attached hydrogen (secondary N) is 1. The molecule has 0 bridgehead atoms. The van der Waals surface area contributed by atoms with Crippen LogP contribution in [0.25, 0.3) is 5.69 Å². The number of halogens is 1. The number of hydrogen-bond donors (Lipinski definition) is 1. The molecule has 1 amide bonds. The van der Waals surface area contributed by atoms with Gasteiger partial charge in [0.15, 0.2) is 5.69 Å². The Labute approximate surface area is 145 Å². The predicted octanol–water partition coefficient (Wildman–Crippen LogP) is 3.47. The van der Waals surface area contributed by atoms with Crippen molar-refractivity contribution in [3.05, 3.63) is 76.1 Å². The summed E-state index contributed by atoms with van der Waals surface area (Å²) < 4.78 is 0. The molecule has 0 unspecified atom stereocenters. The minimum absolute atomic E-state index is 0.249. The van der Waals surface area contributed by atoms with Crippen LogP contribution in [0.5, 0.6) is 0 Å². The van der Waals surface area contributed by atoms with Crippen LogP contribution in [0.4, 0.5) is 0 Å². The average Bonchev–Trinajstić information content (AvgIpc) is 2.96. The summed E-state index contributed by atoms with van der Waals surface area (Å²) in [6.07, 6.45) is 0. The van der Waals surface area contributed by atoms with Crippen molar-refractivity contribution >= 4 is 17.5 Å². The Balaban J connectivity index is 1.74. The maximum atomic E-state index is 12.4. The minimum atomic E-state index is -0.249. The van der Waals surface area contributed by atoms with E-state index in [2.05, 4.69) is 15.5 Å². The van der Waals surface area contributed by atoms with Crippen LogP contribution in [-0.2, 0) is 6.54 Å². The Bertz CT molecular complexity index is 871. The lowest BCUT2D eigenvalue weighted by Crippen LogP contribution is -2.24. The van der Waals surface area contributed by atoms with Crippen LogP contribution >= 0.6 is 11.6 Å². The van der Waals surface area contributed by atoms with Crippen LogP contribution < -0.4 is 5.32 Å². The van der Waals surface area contributed by atoms with Gasteiger partial charge in [-0.15, -0.1) is 5.10 Å². The average molecular weight is 341 g/mol. The normalized spacial score (nSPS) is 10.6. The van der Waals surface area contributed by atoms with E-state index >= 15 is 0 Å². The van der Waals surface area contributed by atoms with Crippen LogP contribution in [-0.4, -0.2) is 20.9 Å². The lowest BCUT2D eigenvalue weighted by atomic mass is 10.1. The van der Waals surface area contributed by atoms with E-state index in [9.17, 15) is 4.79 Å². The van der Waals surface area contributed by atoms with Gasteiger partial charge in [-0.3, -0.25) is 4.79 Å². The van der Waals surface area contributed by atoms with Crippen molar-refractivity contribution in [2.75, 3.05) is 0 Å². The standard InChI is InChI=1S/C18H17ClN4O/c1-12-6-8-14(9-7-12)11-20-18(24)17-13(2)21-23(22-17)16-5-3-4-15(19)10-16/h3-10H,11H2,1-2H3,(H,20,24). The number of aromatic nitrogens is 3. The van der Waals surface area contributed by atoms with Crippen LogP contribution in [0.3, 0.4) is 0 Å². The largest absolute Gasteiger partial charge is 0.347 e. The smallest absolute Gasteiger partial charge is 0.274 e. The maximum absolute atomic E-state index is 12.4. The zero-order valence-electron chi connectivity index (χ0n) is 13.5. The van der Waals surface area contributed by atoms with Crippen molar-refractivity contribution in [1.82, 2.24) is 20.3 Å². The van der Waals surface area contributed by atoms with Crippen molar-refractivity contribution in [2.45, 2.75) is 20.4 Å². The molecule has 0 atom stereocenters. The second kappa shape index (κ2) is 6.84. The molecule has 0 fully saturated rings. The third-order valence-electron chi connectivity index (χ3n) is 3.61. The van der Waals surface area contributed by atoms with Crippen molar-refractivity contribution in [3.8, 4) is 5.69 Å². The fourth-order valence-electron chi connectivity index (χ4n) is 2.28. The third kappa shape index (κ3) is 3.63. The molecule has 0 aliphatic heterocycles. The summed E-state index contributed by atoms with van der Waals surface area (Å²) in [5, 5.41) is 12.0. The molecular weight excluding hydrogens is 324 g/mol. The summed E-state index contributed by atoms with van der Waals surface area (Å²) in [4.78, 5) is 13.8. The highest BCUT2D eigenvalue weighted by Gasteiger charge is 2.16. The maximum Gasteiger partial charge on any atom is 0.274 e. The number of benzene rings is 2. The summed E-state index contributed by atoms with van der Waals surface area (Å²) >= 11 is 5.98. The molecule has 0 radical (unpaired) electrons. The first-order valence-electron chi connectivity index (χ1n) is 7.56. The zero-order valence-corrected chi connectivity index (χ0v) is 14.2. The molecule has 3 aromatic rings. The highest BCUT2D eigenvalue weighted by molar-refractivity contribution is 6.30. The predicted molar refractivity (Wildman–Crippen MR) is 93.5 cm³/mol. The molecule has 0 saturated heterocycles. The van der Waals surface area contributed by atoms with E-state index in [4.69, 9.17) is 11.6 Å². The Morgan fingerprint density at radius 2 is 1.88 bits per heavy atom. The molecular formula is C18H17ClN4O. The topological polar surface area (TPSA) is 59.8 Å². The molecule has 0 aliphatic carbocycles. The van der Waals surface area contributed by atoms with Gasteiger partial charge in [0.2, 0.25) is 0 Å². The number of carbonyl (C=O) groups is 1. The molecule has 2 aromatic carbocycles. The van der Waals surface area contributed by atoms with Crippen LogP contribution in [0.2, 0.25) is 5.02 Å². The van der Waals surface area contributed by atoms with Gasteiger partial charge in [-0.1, -0.05) is 47.5 Å². The minimum Gasteiger partial charge on any atom is -0.347 e. The van der Waals surface area contributed by atoms with Gasteiger partial charge in [0.1, 0.15) is 0 Å². The fourth-order valence-corrected chi connectivity index (χ4v) is 2.46. The third-order valence-corrected chi connectivity index (χ3v) is 3.85. The summed E-state index contributed by atoms with van der Waals surface area (Å²) in [6, 6.07) is 15.2. The molecule has 5 nitrogen and oxygen atoms in total. The van der Waals surface area contributed by atoms with E-state index in [1.807, 2.05) is 43.3 Å². The van der Waals surface area contributed by atoms with E-state index in [0.717, 1.165) is 5.56 Å². The number of carbonyl (C=O) groups excluding carboxylic acids is 1. The summed E-state index contributed by atoms with van der Waals surface area (Å²) in [7, 11) is 0. The van der Waals surface area contributed by atoms with Crippen molar-refractivity contribution in [3.63, 3.8) is 0 Å². The van der Waals surface area contributed by atoms with E-state index in [0.29, 0.717) is 28.6 Å². The van der Waals surface area contributed by atoms with Crippen LogP contribution in [0.1, 0.15) is 27.3 Å². The SMILES string of the molecule is Cc1ccc(CNC(=O)c2nn(-c3cccc(Cl)c3)nc2C)cc1. The van der Waals surface area contributed by atoms with Gasteiger partial charge in [-0.2, -0.15) is 9.90 Å². The second-order valence-electron chi connectivity index (χ2n) is 5.57. The number of aryl methyl sites for hydroxylation is 2. The van der Waals surface area contributed by atoms with Gasteiger partial charge in [0.25, 0.3) is 5.91 Å². The molecule has 1 aromatic heterocycles. The van der Waals surface area contributed by atoms with Gasteiger partial charge in [0, 0.05) is 11.6 Å². The molecule has 0 aliphatic rings. The lowest BCUT2D eigenvalue weighted by Gasteiger charge is -2.04. The zero-order chi connectivity index (χ0) is 17.1. The quantitative estimate of drug-likeness (QED) is 0.791. The van der Waals surface area contributed by atoms with Crippen molar-refractivity contribution in [2.24, 2.45) is 0 Å². The van der Waals surface area contributed by atoms with Gasteiger partial charge < -0.3 is 5.32 Å². The fraction of sp³-hybridized carbons (Fsp3) is 0.167. The first-order valence-corrected chi connectivity index (χ1v) is 7.94. The summed E-state index contributed by atoms with van der Waals surface area (Å²) in [5.74, 6) is -0.249. The Morgan fingerprint density at radius 1 is 1.12 bits per heavy atom. The monoisotopic (exact) mass is 340 g/mol. The highest BCUT2D eigenvalue weighted by Crippen LogP contribution is 2.14. The summed E-state index contributed by atoms with van der Waals surface area (Å²) in [6.45, 7) is 4.23. The molecule has 122 valence electrons. The Kier molecular flexibility index (Phi) is 4.62. The number of amides is 1. The van der Waals surface area contributed by atoms with Crippen LogP contribution in [0, 0.1) is 13.8 Å². The molecule has 3 rings (SSSR count). The van der Waals surface area contributed by atoms with Crippen LogP contribution in [0.15, 0.2) is 48.5 Å². The molecule has 24 heavy (non-hydrogen) atoms.